The average Bonchev–Trinajstić information content (AvgIpc) is 3.00. The molecular formula is C20H29N3O4. The van der Waals surface area contributed by atoms with Gasteiger partial charge in [0.25, 0.3) is 0 Å². The van der Waals surface area contributed by atoms with Gasteiger partial charge in [-0.25, -0.2) is 4.79 Å². The largest absolute Gasteiger partial charge is 0.444 e. The maximum Gasteiger partial charge on any atom is 0.410 e. The number of hydrogen-bond donors (Lipinski definition) is 1. The quantitative estimate of drug-likeness (QED) is 0.857. The Morgan fingerprint density at radius 1 is 1.22 bits per heavy atom. The Balaban J connectivity index is 1.72. The van der Waals surface area contributed by atoms with Crippen LogP contribution in [0, 0.1) is 6.92 Å². The Bertz CT molecular complexity index is 728. The number of benzene rings is 1. The second-order valence-corrected chi connectivity index (χ2v) is 8.31. The average molecular weight is 375 g/mol. The van der Waals surface area contributed by atoms with Gasteiger partial charge in [-0.2, -0.15) is 0 Å². The van der Waals surface area contributed by atoms with Crippen molar-refractivity contribution in [1.82, 2.24) is 4.90 Å². The van der Waals surface area contributed by atoms with Gasteiger partial charge in [0.05, 0.1) is 6.10 Å². The summed E-state index contributed by atoms with van der Waals surface area (Å²) in [6.07, 6.45) is 0.0113. The van der Waals surface area contributed by atoms with Gasteiger partial charge < -0.3 is 19.6 Å². The van der Waals surface area contributed by atoms with Crippen LogP contribution >= 0.6 is 0 Å². The summed E-state index contributed by atoms with van der Waals surface area (Å²) in [6.45, 7) is 9.73. The molecule has 2 amide bonds. The second-order valence-electron chi connectivity index (χ2n) is 8.31. The third-order valence-corrected chi connectivity index (χ3v) is 4.88. The summed E-state index contributed by atoms with van der Waals surface area (Å²) in [6, 6.07) is 6.04. The van der Waals surface area contributed by atoms with E-state index in [4.69, 9.17) is 4.74 Å². The first-order valence-electron chi connectivity index (χ1n) is 9.46. The molecular weight excluding hydrogens is 346 g/mol. The number of aliphatic hydroxyl groups is 1. The first kappa shape index (κ1) is 19.5. The van der Waals surface area contributed by atoms with Crippen molar-refractivity contribution in [2.45, 2.75) is 45.8 Å². The molecule has 2 heterocycles. The molecule has 1 aromatic rings. The van der Waals surface area contributed by atoms with Crippen LogP contribution in [0.5, 0.6) is 0 Å². The van der Waals surface area contributed by atoms with Crippen LogP contribution in [-0.2, 0) is 9.53 Å². The lowest BCUT2D eigenvalue weighted by atomic mass is 10.1. The zero-order chi connectivity index (χ0) is 19.8. The van der Waals surface area contributed by atoms with Gasteiger partial charge in [0, 0.05) is 37.6 Å². The van der Waals surface area contributed by atoms with Gasteiger partial charge in [0.2, 0.25) is 5.91 Å². The molecule has 2 saturated heterocycles. The molecule has 148 valence electrons. The predicted molar refractivity (Wildman–Crippen MR) is 104 cm³/mol. The summed E-state index contributed by atoms with van der Waals surface area (Å²) in [5.41, 5.74) is 2.30. The Kier molecular flexibility index (Phi) is 5.33. The van der Waals surface area contributed by atoms with Crippen molar-refractivity contribution in [1.29, 1.82) is 0 Å². The first-order chi connectivity index (χ1) is 12.6. The molecule has 0 spiro atoms. The SMILES string of the molecule is Cc1ccc(N2CCC(O)C2)cc1N1CCN(C(=O)OC(C)(C)C)CC1=O. The topological polar surface area (TPSA) is 73.3 Å². The predicted octanol–water partition coefficient (Wildman–Crippen LogP) is 2.15. The van der Waals surface area contributed by atoms with Gasteiger partial charge in [-0.1, -0.05) is 6.07 Å². The summed E-state index contributed by atoms with van der Waals surface area (Å²) < 4.78 is 5.37. The maximum absolute atomic E-state index is 12.7. The van der Waals surface area contributed by atoms with Crippen LogP contribution in [0.15, 0.2) is 18.2 Å². The summed E-state index contributed by atoms with van der Waals surface area (Å²) >= 11 is 0. The molecule has 7 heteroatoms. The fourth-order valence-electron chi connectivity index (χ4n) is 3.47. The maximum atomic E-state index is 12.7. The van der Waals surface area contributed by atoms with Crippen molar-refractivity contribution in [3.8, 4) is 0 Å². The Morgan fingerprint density at radius 3 is 2.56 bits per heavy atom. The van der Waals surface area contributed by atoms with E-state index in [1.54, 1.807) is 4.90 Å². The lowest BCUT2D eigenvalue weighted by Gasteiger charge is -2.36. The Morgan fingerprint density at radius 2 is 1.96 bits per heavy atom. The molecule has 2 aliphatic rings. The van der Waals surface area contributed by atoms with E-state index in [-0.39, 0.29) is 18.6 Å². The van der Waals surface area contributed by atoms with Crippen molar-refractivity contribution in [2.24, 2.45) is 0 Å². The van der Waals surface area contributed by atoms with Crippen molar-refractivity contribution in [3.05, 3.63) is 23.8 Å². The highest BCUT2D eigenvalue weighted by molar-refractivity contribution is 5.98. The van der Waals surface area contributed by atoms with E-state index in [0.717, 1.165) is 29.9 Å². The molecule has 0 radical (unpaired) electrons. The molecule has 3 rings (SSSR count). The zero-order valence-electron chi connectivity index (χ0n) is 16.6. The molecule has 1 aromatic carbocycles. The number of anilines is 2. The molecule has 1 unspecified atom stereocenters. The summed E-state index contributed by atoms with van der Waals surface area (Å²) in [5, 5.41) is 9.78. The molecule has 0 saturated carbocycles. The minimum absolute atomic E-state index is 0.0149. The zero-order valence-corrected chi connectivity index (χ0v) is 16.6. The number of hydrogen-bond acceptors (Lipinski definition) is 5. The van der Waals surface area contributed by atoms with Crippen molar-refractivity contribution >= 4 is 23.4 Å². The highest BCUT2D eigenvalue weighted by Gasteiger charge is 2.32. The monoisotopic (exact) mass is 375 g/mol. The number of amides is 2. The number of rotatable bonds is 2. The van der Waals surface area contributed by atoms with Crippen LogP contribution in [0.2, 0.25) is 0 Å². The highest BCUT2D eigenvalue weighted by Crippen LogP contribution is 2.30. The standard InChI is InChI=1S/C20H29N3O4/c1-14-5-6-15(21-8-7-16(24)12-21)11-17(14)23-10-9-22(13-18(23)25)19(26)27-20(2,3)4/h5-6,11,16,24H,7-10,12-13H2,1-4H3. The van der Waals surface area contributed by atoms with E-state index in [2.05, 4.69) is 4.90 Å². The van der Waals surface area contributed by atoms with Gasteiger partial charge in [0.15, 0.2) is 0 Å². The fraction of sp³-hybridized carbons (Fsp3) is 0.600. The third-order valence-electron chi connectivity index (χ3n) is 4.88. The molecule has 2 aliphatic heterocycles. The van der Waals surface area contributed by atoms with Gasteiger partial charge in [-0.15, -0.1) is 0 Å². The Labute approximate surface area is 160 Å². The number of aryl methyl sites for hydroxylation is 1. The third kappa shape index (κ3) is 4.53. The number of piperazine rings is 1. The van der Waals surface area contributed by atoms with Crippen LogP contribution in [0.25, 0.3) is 0 Å². The fourth-order valence-corrected chi connectivity index (χ4v) is 3.47. The lowest BCUT2D eigenvalue weighted by Crippen LogP contribution is -2.53. The molecule has 0 bridgehead atoms. The molecule has 0 aliphatic carbocycles. The van der Waals surface area contributed by atoms with Crippen molar-refractivity contribution in [3.63, 3.8) is 0 Å². The van der Waals surface area contributed by atoms with E-state index in [0.29, 0.717) is 19.6 Å². The second kappa shape index (κ2) is 7.38. The van der Waals surface area contributed by atoms with E-state index < -0.39 is 11.7 Å². The first-order valence-corrected chi connectivity index (χ1v) is 9.46. The van der Waals surface area contributed by atoms with Gasteiger partial charge in [0.1, 0.15) is 12.1 Å². The van der Waals surface area contributed by atoms with E-state index in [1.165, 1.54) is 4.90 Å². The lowest BCUT2D eigenvalue weighted by molar-refractivity contribution is -0.121. The number of carbonyl (C=O) groups is 2. The number of nitrogens with zero attached hydrogens (tertiary/aromatic N) is 3. The molecule has 1 atom stereocenters. The highest BCUT2D eigenvalue weighted by atomic mass is 16.6. The van der Waals surface area contributed by atoms with E-state index >= 15 is 0 Å². The number of aliphatic hydroxyl groups excluding tert-OH is 1. The van der Waals surface area contributed by atoms with Gasteiger partial charge in [-0.3, -0.25) is 9.69 Å². The van der Waals surface area contributed by atoms with Crippen LogP contribution < -0.4 is 9.80 Å². The van der Waals surface area contributed by atoms with Crippen LogP contribution in [0.4, 0.5) is 16.2 Å². The van der Waals surface area contributed by atoms with E-state index in [9.17, 15) is 14.7 Å². The van der Waals surface area contributed by atoms with Gasteiger partial charge in [-0.05, 0) is 51.8 Å². The molecule has 1 N–H and O–H groups in total. The minimum atomic E-state index is -0.581. The number of carbonyl (C=O) groups excluding carboxylic acids is 2. The van der Waals surface area contributed by atoms with Crippen LogP contribution in [0.1, 0.15) is 32.8 Å². The molecule has 7 nitrogen and oxygen atoms in total. The van der Waals surface area contributed by atoms with Crippen LogP contribution in [0.3, 0.4) is 0 Å². The van der Waals surface area contributed by atoms with Gasteiger partial charge >= 0.3 is 6.09 Å². The summed E-state index contributed by atoms with van der Waals surface area (Å²) in [5.74, 6) is -0.117. The normalized spacial score (nSPS) is 21.0. The number of ether oxygens (including phenoxy) is 1. The van der Waals surface area contributed by atoms with E-state index in [1.807, 2.05) is 45.9 Å². The Hall–Kier alpha value is -2.28. The van der Waals surface area contributed by atoms with Crippen molar-refractivity contribution in [2.75, 3.05) is 42.5 Å². The number of β-amino-alcohol motifs (C(OH)–C–C–N with tert-alkyl or cyclic N) is 1. The van der Waals surface area contributed by atoms with Crippen molar-refractivity contribution < 1.29 is 19.4 Å². The smallest absolute Gasteiger partial charge is 0.410 e. The molecule has 0 aromatic heterocycles. The molecule has 2 fully saturated rings. The summed E-state index contributed by atoms with van der Waals surface area (Å²) in [4.78, 5) is 30.3. The minimum Gasteiger partial charge on any atom is -0.444 e. The summed E-state index contributed by atoms with van der Waals surface area (Å²) in [7, 11) is 0. The molecule has 27 heavy (non-hydrogen) atoms. The van der Waals surface area contributed by atoms with Crippen LogP contribution in [-0.4, -0.2) is 66.4 Å².